The van der Waals surface area contributed by atoms with Crippen LogP contribution < -0.4 is 0 Å². The first kappa shape index (κ1) is 20.1. The van der Waals surface area contributed by atoms with Crippen LogP contribution in [-0.4, -0.2) is 14.8 Å². The molecule has 0 aliphatic carbocycles. The van der Waals surface area contributed by atoms with Gasteiger partial charge in [-0.1, -0.05) is 57.5 Å². The Labute approximate surface area is 168 Å². The topological polar surface area (TPSA) is 30.7 Å². The maximum Gasteiger partial charge on any atom is 0.0736 e. The number of nitrogens with zero attached hydrogens (tertiary/aromatic N) is 3. The molecule has 0 aliphatic heterocycles. The first-order chi connectivity index (χ1) is 13.3. The summed E-state index contributed by atoms with van der Waals surface area (Å²) >= 11 is 0. The van der Waals surface area contributed by atoms with Crippen molar-refractivity contribution in [2.45, 2.75) is 53.4 Å². The zero-order valence-electron chi connectivity index (χ0n) is 18.1. The van der Waals surface area contributed by atoms with E-state index in [-0.39, 0.29) is 0 Å². The van der Waals surface area contributed by atoms with Crippen LogP contribution in [0.5, 0.6) is 0 Å². The van der Waals surface area contributed by atoms with Crippen LogP contribution >= 0.6 is 0 Å². The molecule has 2 aromatic carbocycles. The Bertz CT molecular complexity index is 1100. The van der Waals surface area contributed by atoms with Crippen molar-refractivity contribution < 1.29 is 0 Å². The molecule has 3 heteroatoms. The molecule has 0 N–H and O–H groups in total. The molecule has 0 unspecified atom stereocenters. The molecular formula is C25H31N3. The number of benzene rings is 2. The minimum atomic E-state index is 0.535. The quantitative estimate of drug-likeness (QED) is 0.393. The molecule has 0 amide bonds. The van der Waals surface area contributed by atoms with Crippen LogP contribution in [0.2, 0.25) is 0 Å². The Morgan fingerprint density at radius 2 is 1.64 bits per heavy atom. The van der Waals surface area contributed by atoms with Gasteiger partial charge < -0.3 is 0 Å². The number of rotatable bonds is 2. The lowest BCUT2D eigenvalue weighted by Gasteiger charge is -2.10. The fourth-order valence-corrected chi connectivity index (χ4v) is 3.63. The number of hydrogen-bond acceptors (Lipinski definition) is 2. The fourth-order valence-electron chi connectivity index (χ4n) is 3.63. The monoisotopic (exact) mass is 373 g/mol. The number of pyridine rings is 1. The van der Waals surface area contributed by atoms with Crippen molar-refractivity contribution in [3.63, 3.8) is 0 Å². The molecular weight excluding hydrogens is 342 g/mol. The maximum atomic E-state index is 4.44. The minimum Gasteiger partial charge on any atom is -0.268 e. The van der Waals surface area contributed by atoms with Crippen LogP contribution in [-0.2, 0) is 7.05 Å². The molecule has 0 spiro atoms. The molecule has 28 heavy (non-hydrogen) atoms. The highest BCUT2D eigenvalue weighted by atomic mass is 15.3. The summed E-state index contributed by atoms with van der Waals surface area (Å²) < 4.78 is 1.95. The molecule has 146 valence electrons. The van der Waals surface area contributed by atoms with E-state index in [0.717, 1.165) is 11.2 Å². The summed E-state index contributed by atoms with van der Waals surface area (Å²) in [6, 6.07) is 15.1. The van der Waals surface area contributed by atoms with Gasteiger partial charge in [-0.05, 0) is 55.0 Å². The summed E-state index contributed by atoms with van der Waals surface area (Å²) in [5.74, 6) is 1.11. The van der Waals surface area contributed by atoms with Gasteiger partial charge >= 0.3 is 0 Å². The predicted octanol–water partition coefficient (Wildman–Crippen LogP) is 6.67. The second kappa shape index (κ2) is 8.14. The molecule has 0 saturated heterocycles. The molecule has 4 aromatic rings. The van der Waals surface area contributed by atoms with E-state index < -0.39 is 0 Å². The van der Waals surface area contributed by atoms with E-state index in [4.69, 9.17) is 0 Å². The largest absolute Gasteiger partial charge is 0.268 e. The van der Waals surface area contributed by atoms with Crippen molar-refractivity contribution in [1.29, 1.82) is 0 Å². The Morgan fingerprint density at radius 3 is 2.32 bits per heavy atom. The minimum absolute atomic E-state index is 0.535. The normalized spacial score (nSPS) is 11.3. The Kier molecular flexibility index (Phi) is 5.83. The van der Waals surface area contributed by atoms with Gasteiger partial charge in [-0.2, -0.15) is 5.10 Å². The zero-order chi connectivity index (χ0) is 20.4. The van der Waals surface area contributed by atoms with E-state index in [9.17, 15) is 0 Å². The van der Waals surface area contributed by atoms with Crippen molar-refractivity contribution in [2.24, 2.45) is 7.05 Å². The lowest BCUT2D eigenvalue weighted by atomic mass is 9.97. The van der Waals surface area contributed by atoms with Gasteiger partial charge in [0.2, 0.25) is 0 Å². The van der Waals surface area contributed by atoms with Gasteiger partial charge in [0.25, 0.3) is 0 Å². The van der Waals surface area contributed by atoms with Gasteiger partial charge in [-0.25, -0.2) is 0 Å². The van der Waals surface area contributed by atoms with Gasteiger partial charge in [0, 0.05) is 24.0 Å². The molecule has 2 heterocycles. The highest BCUT2D eigenvalue weighted by Gasteiger charge is 2.07. The van der Waals surface area contributed by atoms with Crippen LogP contribution in [0.1, 0.15) is 61.9 Å². The molecule has 0 bridgehead atoms. The Hall–Kier alpha value is -2.68. The standard InChI is InChI=1S/C13H15N.C12H16N2/c1-9(2)12-8-10(3)7-11-5-4-6-14-13(11)12;1-8(2)10-5-6-11-9(3)13-14(4)12(11)7-10/h4-9H,1-3H3;5-8H,1-4H3. The summed E-state index contributed by atoms with van der Waals surface area (Å²) in [5.41, 5.74) is 7.52. The first-order valence-corrected chi connectivity index (χ1v) is 10.1. The first-order valence-electron chi connectivity index (χ1n) is 10.1. The summed E-state index contributed by atoms with van der Waals surface area (Å²) in [6.45, 7) is 13.0. The third kappa shape index (κ3) is 4.09. The second-order valence-corrected chi connectivity index (χ2v) is 8.22. The number of hydrogen-bond donors (Lipinski definition) is 0. The number of fused-ring (bicyclic) bond motifs is 2. The van der Waals surface area contributed by atoms with Crippen molar-refractivity contribution in [3.8, 4) is 0 Å². The fraction of sp³-hybridized carbons (Fsp3) is 0.360. The van der Waals surface area contributed by atoms with Gasteiger partial charge in [0.1, 0.15) is 0 Å². The van der Waals surface area contributed by atoms with E-state index >= 15 is 0 Å². The maximum absolute atomic E-state index is 4.44. The Balaban J connectivity index is 0.000000161. The average molecular weight is 374 g/mol. The average Bonchev–Trinajstić information content (AvgIpc) is 2.95. The summed E-state index contributed by atoms with van der Waals surface area (Å²) in [6.07, 6.45) is 1.86. The highest BCUT2D eigenvalue weighted by Crippen LogP contribution is 2.25. The van der Waals surface area contributed by atoms with E-state index in [1.807, 2.05) is 24.0 Å². The van der Waals surface area contributed by atoms with E-state index in [2.05, 4.69) is 88.0 Å². The van der Waals surface area contributed by atoms with Crippen LogP contribution in [0, 0.1) is 13.8 Å². The lowest BCUT2D eigenvalue weighted by Crippen LogP contribution is -1.92. The highest BCUT2D eigenvalue weighted by molar-refractivity contribution is 5.83. The van der Waals surface area contributed by atoms with Crippen molar-refractivity contribution in [1.82, 2.24) is 14.8 Å². The molecule has 0 atom stereocenters. The zero-order valence-corrected chi connectivity index (χ0v) is 18.1. The molecule has 0 aliphatic rings. The summed E-state index contributed by atoms with van der Waals surface area (Å²) in [4.78, 5) is 4.44. The van der Waals surface area contributed by atoms with E-state index in [0.29, 0.717) is 11.8 Å². The molecule has 3 nitrogen and oxygen atoms in total. The smallest absolute Gasteiger partial charge is 0.0736 e. The van der Waals surface area contributed by atoms with Gasteiger partial charge in [-0.3, -0.25) is 9.67 Å². The van der Waals surface area contributed by atoms with Gasteiger partial charge in [0.15, 0.2) is 0 Å². The molecule has 4 rings (SSSR count). The van der Waals surface area contributed by atoms with Crippen molar-refractivity contribution in [2.75, 3.05) is 0 Å². The Morgan fingerprint density at radius 1 is 0.893 bits per heavy atom. The molecule has 2 aromatic heterocycles. The second-order valence-electron chi connectivity index (χ2n) is 8.22. The SMILES string of the molecule is Cc1cc(C(C)C)c2ncccc2c1.Cc1nn(C)c2cc(C(C)C)ccc12. The molecule has 0 radical (unpaired) electrons. The summed E-state index contributed by atoms with van der Waals surface area (Å²) in [5, 5.41) is 6.91. The predicted molar refractivity (Wildman–Crippen MR) is 120 cm³/mol. The number of aryl methyl sites for hydroxylation is 3. The molecule has 0 saturated carbocycles. The van der Waals surface area contributed by atoms with E-state index in [1.165, 1.54) is 33.0 Å². The van der Waals surface area contributed by atoms with Crippen LogP contribution in [0.25, 0.3) is 21.8 Å². The third-order valence-electron chi connectivity index (χ3n) is 5.23. The van der Waals surface area contributed by atoms with Gasteiger partial charge in [-0.15, -0.1) is 0 Å². The van der Waals surface area contributed by atoms with E-state index in [1.54, 1.807) is 0 Å². The van der Waals surface area contributed by atoms with Crippen LogP contribution in [0.3, 0.4) is 0 Å². The van der Waals surface area contributed by atoms with Crippen LogP contribution in [0.15, 0.2) is 48.7 Å². The summed E-state index contributed by atoms with van der Waals surface area (Å²) in [7, 11) is 2.00. The third-order valence-corrected chi connectivity index (χ3v) is 5.23. The number of aromatic nitrogens is 3. The van der Waals surface area contributed by atoms with Gasteiger partial charge in [0.05, 0.1) is 16.7 Å². The molecule has 0 fully saturated rings. The van der Waals surface area contributed by atoms with Crippen LogP contribution in [0.4, 0.5) is 0 Å². The van der Waals surface area contributed by atoms with Crippen molar-refractivity contribution in [3.05, 3.63) is 71.0 Å². The van der Waals surface area contributed by atoms with Crippen molar-refractivity contribution >= 4 is 21.8 Å². The lowest BCUT2D eigenvalue weighted by molar-refractivity contribution is 0.781.